The van der Waals surface area contributed by atoms with E-state index in [0.29, 0.717) is 15.6 Å². The lowest BCUT2D eigenvalue weighted by molar-refractivity contribution is 0.0477. The first-order valence-corrected chi connectivity index (χ1v) is 6.11. The second-order valence-electron chi connectivity index (χ2n) is 3.40. The summed E-state index contributed by atoms with van der Waals surface area (Å²) in [5.41, 5.74) is 6.63. The van der Waals surface area contributed by atoms with Crippen molar-refractivity contribution in [2.75, 3.05) is 5.73 Å². The van der Waals surface area contributed by atoms with Gasteiger partial charge in [0.05, 0.1) is 9.90 Å². The maximum atomic E-state index is 11.6. The van der Waals surface area contributed by atoms with Gasteiger partial charge < -0.3 is 10.5 Å². The number of esters is 1. The molecule has 0 aliphatic heterocycles. The monoisotopic (exact) mass is 267 g/mol. The second-order valence-corrected chi connectivity index (χ2v) is 5.20. The van der Waals surface area contributed by atoms with E-state index in [9.17, 15) is 4.79 Å². The molecule has 0 aliphatic rings. The first-order chi connectivity index (χ1) is 8.15. The normalized spacial score (nSPS) is 10.2. The van der Waals surface area contributed by atoms with E-state index in [1.54, 1.807) is 30.3 Å². The van der Waals surface area contributed by atoms with Crippen LogP contribution in [-0.2, 0) is 11.3 Å². The van der Waals surface area contributed by atoms with Gasteiger partial charge in [-0.25, -0.2) is 4.79 Å². The fraction of sp³-hybridized carbons (Fsp3) is 0.0833. The minimum Gasteiger partial charge on any atom is -0.456 e. The Hall–Kier alpha value is -1.52. The molecule has 0 bridgehead atoms. The molecule has 0 aliphatic carbocycles. The van der Waals surface area contributed by atoms with Crippen LogP contribution in [0, 0.1) is 0 Å². The molecule has 0 amide bonds. The van der Waals surface area contributed by atoms with Crippen molar-refractivity contribution in [3.63, 3.8) is 0 Å². The van der Waals surface area contributed by atoms with Crippen LogP contribution in [0.1, 0.15) is 15.2 Å². The Morgan fingerprint density at radius 1 is 1.24 bits per heavy atom. The van der Waals surface area contributed by atoms with Crippen molar-refractivity contribution < 1.29 is 9.53 Å². The van der Waals surface area contributed by atoms with Gasteiger partial charge in [0, 0.05) is 10.6 Å². The smallest absolute Gasteiger partial charge is 0.338 e. The Kier molecular flexibility index (Phi) is 3.66. The Morgan fingerprint density at radius 3 is 2.53 bits per heavy atom. The number of anilines is 1. The van der Waals surface area contributed by atoms with Gasteiger partial charge in [0.25, 0.3) is 0 Å². The highest BCUT2D eigenvalue weighted by molar-refractivity contribution is 7.16. The predicted molar refractivity (Wildman–Crippen MR) is 69.3 cm³/mol. The zero-order valence-electron chi connectivity index (χ0n) is 8.85. The Bertz CT molecular complexity index is 522. The molecule has 88 valence electrons. The summed E-state index contributed by atoms with van der Waals surface area (Å²) in [6, 6.07) is 10.2. The second kappa shape index (κ2) is 5.21. The summed E-state index contributed by atoms with van der Waals surface area (Å²) in [4.78, 5) is 12.6. The molecule has 2 aromatic rings. The van der Waals surface area contributed by atoms with E-state index in [-0.39, 0.29) is 12.6 Å². The fourth-order valence-electron chi connectivity index (χ4n) is 1.27. The summed E-state index contributed by atoms with van der Waals surface area (Å²) in [5, 5.41) is 0. The molecular weight excluding hydrogens is 258 g/mol. The fourth-order valence-corrected chi connectivity index (χ4v) is 2.27. The highest BCUT2D eigenvalue weighted by Gasteiger charge is 2.07. The lowest BCUT2D eigenvalue weighted by Crippen LogP contribution is -2.04. The molecular formula is C12H10ClNO2S. The van der Waals surface area contributed by atoms with Crippen molar-refractivity contribution in [3.05, 3.63) is 51.2 Å². The van der Waals surface area contributed by atoms with Crippen LogP contribution in [0.2, 0.25) is 4.34 Å². The molecule has 1 aromatic carbocycles. The molecule has 0 saturated carbocycles. The summed E-state index contributed by atoms with van der Waals surface area (Å²) >= 11 is 7.17. The topological polar surface area (TPSA) is 52.3 Å². The predicted octanol–water partition coefficient (Wildman–Crippen LogP) is 3.34. The van der Waals surface area contributed by atoms with Crippen molar-refractivity contribution in [3.8, 4) is 0 Å². The van der Waals surface area contributed by atoms with Crippen molar-refractivity contribution in [2.24, 2.45) is 0 Å². The van der Waals surface area contributed by atoms with E-state index in [1.807, 2.05) is 6.07 Å². The summed E-state index contributed by atoms with van der Waals surface area (Å²) in [7, 11) is 0. The van der Waals surface area contributed by atoms with Gasteiger partial charge in [-0.15, -0.1) is 11.3 Å². The van der Waals surface area contributed by atoms with Crippen molar-refractivity contribution in [1.29, 1.82) is 0 Å². The number of halogens is 1. The van der Waals surface area contributed by atoms with Gasteiger partial charge in [-0.1, -0.05) is 11.6 Å². The molecule has 0 spiro atoms. The number of rotatable bonds is 3. The minimum atomic E-state index is -0.366. The van der Waals surface area contributed by atoms with Crippen molar-refractivity contribution in [1.82, 2.24) is 0 Å². The van der Waals surface area contributed by atoms with Crippen LogP contribution in [0.25, 0.3) is 0 Å². The van der Waals surface area contributed by atoms with Crippen LogP contribution in [0.4, 0.5) is 5.69 Å². The van der Waals surface area contributed by atoms with E-state index >= 15 is 0 Å². The summed E-state index contributed by atoms with van der Waals surface area (Å²) in [6.45, 7) is 0.237. The third-order valence-electron chi connectivity index (χ3n) is 2.12. The molecule has 0 radical (unpaired) electrons. The molecule has 0 unspecified atom stereocenters. The number of carbonyl (C=O) groups excluding carboxylic acids is 1. The number of thiophene rings is 1. The zero-order chi connectivity index (χ0) is 12.3. The van der Waals surface area contributed by atoms with E-state index < -0.39 is 0 Å². The van der Waals surface area contributed by atoms with Gasteiger partial charge >= 0.3 is 5.97 Å². The van der Waals surface area contributed by atoms with E-state index in [1.165, 1.54) is 11.3 Å². The van der Waals surface area contributed by atoms with Gasteiger partial charge in [0.2, 0.25) is 0 Å². The van der Waals surface area contributed by atoms with Gasteiger partial charge in [0.1, 0.15) is 6.61 Å². The largest absolute Gasteiger partial charge is 0.456 e. The maximum Gasteiger partial charge on any atom is 0.338 e. The average Bonchev–Trinajstić information content (AvgIpc) is 2.73. The minimum absolute atomic E-state index is 0.237. The number of nitrogen functional groups attached to an aromatic ring is 1. The standard InChI is InChI=1S/C12H10ClNO2S/c13-11-6-5-10(17-11)7-16-12(15)8-1-3-9(14)4-2-8/h1-6H,7,14H2. The van der Waals surface area contributed by atoms with Gasteiger partial charge in [-0.3, -0.25) is 0 Å². The number of benzene rings is 1. The summed E-state index contributed by atoms with van der Waals surface area (Å²) in [5.74, 6) is -0.366. The maximum absolute atomic E-state index is 11.6. The SMILES string of the molecule is Nc1ccc(C(=O)OCc2ccc(Cl)s2)cc1. The summed E-state index contributed by atoms with van der Waals surface area (Å²) < 4.78 is 5.82. The van der Waals surface area contributed by atoms with E-state index in [2.05, 4.69) is 0 Å². The molecule has 0 atom stereocenters. The highest BCUT2D eigenvalue weighted by atomic mass is 35.5. The number of carbonyl (C=O) groups is 1. The first kappa shape index (κ1) is 12.0. The molecule has 17 heavy (non-hydrogen) atoms. The quantitative estimate of drug-likeness (QED) is 0.685. The third kappa shape index (κ3) is 3.22. The third-order valence-corrected chi connectivity index (χ3v) is 3.33. The van der Waals surface area contributed by atoms with Crippen molar-refractivity contribution in [2.45, 2.75) is 6.61 Å². The number of ether oxygens (including phenoxy) is 1. The Balaban J connectivity index is 1.95. The van der Waals surface area contributed by atoms with Crippen LogP contribution in [0.5, 0.6) is 0 Å². The van der Waals surface area contributed by atoms with E-state index in [0.717, 1.165) is 4.88 Å². The zero-order valence-corrected chi connectivity index (χ0v) is 10.4. The van der Waals surface area contributed by atoms with Crippen LogP contribution in [0.15, 0.2) is 36.4 Å². The Labute approximate surface area is 108 Å². The molecule has 3 nitrogen and oxygen atoms in total. The lowest BCUT2D eigenvalue weighted by atomic mass is 10.2. The Morgan fingerprint density at radius 2 is 1.94 bits per heavy atom. The number of hydrogen-bond donors (Lipinski definition) is 1. The molecule has 1 heterocycles. The van der Waals surface area contributed by atoms with Gasteiger partial charge in [-0.2, -0.15) is 0 Å². The van der Waals surface area contributed by atoms with Crippen molar-refractivity contribution >= 4 is 34.6 Å². The highest BCUT2D eigenvalue weighted by Crippen LogP contribution is 2.22. The van der Waals surface area contributed by atoms with Crippen LogP contribution in [0.3, 0.4) is 0 Å². The molecule has 2 N–H and O–H groups in total. The average molecular weight is 268 g/mol. The van der Waals surface area contributed by atoms with Crippen LogP contribution < -0.4 is 5.73 Å². The van der Waals surface area contributed by atoms with Crippen LogP contribution in [-0.4, -0.2) is 5.97 Å². The van der Waals surface area contributed by atoms with Crippen LogP contribution >= 0.6 is 22.9 Å². The van der Waals surface area contributed by atoms with Gasteiger partial charge in [-0.05, 0) is 36.4 Å². The number of nitrogens with two attached hydrogens (primary N) is 1. The molecule has 0 saturated heterocycles. The van der Waals surface area contributed by atoms with E-state index in [4.69, 9.17) is 22.1 Å². The molecule has 2 rings (SSSR count). The first-order valence-electron chi connectivity index (χ1n) is 4.92. The molecule has 0 fully saturated rings. The lowest BCUT2D eigenvalue weighted by Gasteiger charge is -2.03. The summed E-state index contributed by atoms with van der Waals surface area (Å²) in [6.07, 6.45) is 0. The molecule has 5 heteroatoms. The number of hydrogen-bond acceptors (Lipinski definition) is 4. The molecule has 1 aromatic heterocycles. The van der Waals surface area contributed by atoms with Gasteiger partial charge in [0.15, 0.2) is 0 Å².